The molecule has 0 saturated heterocycles. The summed E-state index contributed by atoms with van der Waals surface area (Å²) in [7, 11) is 0. The van der Waals surface area contributed by atoms with Gasteiger partial charge in [-0.05, 0) is 6.42 Å². The van der Waals surface area contributed by atoms with Crippen molar-refractivity contribution in [3.05, 3.63) is 0 Å². The summed E-state index contributed by atoms with van der Waals surface area (Å²) in [5.41, 5.74) is 5.09. The van der Waals surface area contributed by atoms with Crippen molar-refractivity contribution in [2.75, 3.05) is 0 Å². The van der Waals surface area contributed by atoms with Crippen LogP contribution >= 0.6 is 0 Å². The first-order valence-corrected chi connectivity index (χ1v) is 4.96. The molecule has 9 nitrogen and oxygen atoms in total. The summed E-state index contributed by atoms with van der Waals surface area (Å²) in [4.78, 5) is 42.6. The van der Waals surface area contributed by atoms with Crippen LogP contribution in [0.3, 0.4) is 0 Å². The Morgan fingerprint density at radius 1 is 1.06 bits per heavy atom. The number of nitrogens with two attached hydrogens (primary N) is 1. The summed E-state index contributed by atoms with van der Waals surface area (Å²) in [6.45, 7) is 0. The lowest BCUT2D eigenvalue weighted by atomic mass is 10.1. The molecule has 0 heterocycles. The zero-order chi connectivity index (χ0) is 14.3. The van der Waals surface area contributed by atoms with Crippen LogP contribution in [0.5, 0.6) is 0 Å². The van der Waals surface area contributed by atoms with Gasteiger partial charge in [-0.3, -0.25) is 14.4 Å². The fourth-order valence-corrected chi connectivity index (χ4v) is 1.07. The van der Waals surface area contributed by atoms with Crippen molar-refractivity contribution in [2.24, 2.45) is 5.73 Å². The van der Waals surface area contributed by atoms with Crippen molar-refractivity contribution in [3.8, 4) is 0 Å². The molecule has 102 valence electrons. The lowest BCUT2D eigenvalue weighted by Crippen LogP contribution is -2.44. The number of rotatable bonds is 8. The fourth-order valence-electron chi connectivity index (χ4n) is 1.07. The monoisotopic (exact) mass is 262 g/mol. The second kappa shape index (κ2) is 7.22. The first-order chi connectivity index (χ1) is 8.23. The summed E-state index contributed by atoms with van der Waals surface area (Å²) in [5, 5.41) is 27.6. The van der Waals surface area contributed by atoms with Gasteiger partial charge in [0.2, 0.25) is 5.91 Å². The second-order valence-corrected chi connectivity index (χ2v) is 3.54. The largest absolute Gasteiger partial charge is 0.481 e. The van der Waals surface area contributed by atoms with E-state index in [9.17, 15) is 19.2 Å². The first-order valence-electron chi connectivity index (χ1n) is 4.96. The van der Waals surface area contributed by atoms with E-state index in [2.05, 4.69) is 0 Å². The number of aliphatic carboxylic acids is 3. The standard InChI is InChI=1S/C9H14N2O7/c10-4(8(15)16)3-6(12)11-5(9(17)18)1-2-7(13)14/h4-5H,1-3,10H2,(H,11,12)(H,13,14)(H,15,16)(H,17,18)/t4?,5-/m1/s1. The summed E-state index contributed by atoms with van der Waals surface area (Å²) in [6, 6.07) is -2.81. The molecule has 0 radical (unpaired) electrons. The van der Waals surface area contributed by atoms with Gasteiger partial charge in [0.15, 0.2) is 0 Å². The second-order valence-electron chi connectivity index (χ2n) is 3.54. The quantitative estimate of drug-likeness (QED) is 0.342. The number of carbonyl (C=O) groups is 4. The lowest BCUT2D eigenvalue weighted by molar-refractivity contribution is -0.143. The van der Waals surface area contributed by atoms with E-state index in [1.807, 2.05) is 5.32 Å². The molecule has 0 rings (SSSR count). The lowest BCUT2D eigenvalue weighted by Gasteiger charge is -2.14. The van der Waals surface area contributed by atoms with E-state index in [0.29, 0.717) is 0 Å². The van der Waals surface area contributed by atoms with Crippen LogP contribution in [0.25, 0.3) is 0 Å². The summed E-state index contributed by atoms with van der Waals surface area (Å²) < 4.78 is 0. The summed E-state index contributed by atoms with van der Waals surface area (Å²) in [6.07, 6.45) is -1.30. The summed E-state index contributed by atoms with van der Waals surface area (Å²) in [5.74, 6) is -4.84. The third kappa shape index (κ3) is 6.43. The van der Waals surface area contributed by atoms with Crippen LogP contribution < -0.4 is 11.1 Å². The minimum absolute atomic E-state index is 0.293. The highest BCUT2D eigenvalue weighted by Gasteiger charge is 2.23. The van der Waals surface area contributed by atoms with Gasteiger partial charge in [0, 0.05) is 6.42 Å². The van der Waals surface area contributed by atoms with Crippen LogP contribution in [0, 0.1) is 0 Å². The van der Waals surface area contributed by atoms with Crippen LogP contribution in [0.4, 0.5) is 0 Å². The zero-order valence-corrected chi connectivity index (χ0v) is 9.33. The smallest absolute Gasteiger partial charge is 0.326 e. The topological polar surface area (TPSA) is 167 Å². The van der Waals surface area contributed by atoms with Gasteiger partial charge >= 0.3 is 17.9 Å². The molecule has 0 aromatic heterocycles. The first kappa shape index (κ1) is 15.8. The fraction of sp³-hybridized carbons (Fsp3) is 0.556. The molecule has 0 aromatic carbocycles. The Morgan fingerprint density at radius 3 is 2.00 bits per heavy atom. The van der Waals surface area contributed by atoms with E-state index in [1.165, 1.54) is 0 Å². The molecule has 0 saturated carbocycles. The van der Waals surface area contributed by atoms with Gasteiger partial charge in [0.05, 0.1) is 6.42 Å². The highest BCUT2D eigenvalue weighted by molar-refractivity contribution is 5.87. The average molecular weight is 262 g/mol. The molecule has 1 unspecified atom stereocenters. The number of nitrogens with one attached hydrogen (secondary N) is 1. The molecule has 0 bridgehead atoms. The molecule has 0 fully saturated rings. The van der Waals surface area contributed by atoms with Crippen molar-refractivity contribution >= 4 is 23.8 Å². The van der Waals surface area contributed by atoms with Gasteiger partial charge in [-0.25, -0.2) is 4.79 Å². The van der Waals surface area contributed by atoms with Crippen molar-refractivity contribution < 1.29 is 34.5 Å². The predicted molar refractivity (Wildman–Crippen MR) is 56.7 cm³/mol. The maximum Gasteiger partial charge on any atom is 0.326 e. The van der Waals surface area contributed by atoms with Crippen LogP contribution in [0.1, 0.15) is 19.3 Å². The molecule has 6 N–H and O–H groups in total. The SMILES string of the molecule is NC(CC(=O)N[C@H](CCC(=O)O)C(=O)O)C(=O)O. The van der Waals surface area contributed by atoms with Crippen LogP contribution in [-0.4, -0.2) is 51.2 Å². The average Bonchev–Trinajstić information content (AvgIpc) is 2.23. The highest BCUT2D eigenvalue weighted by Crippen LogP contribution is 1.99. The van der Waals surface area contributed by atoms with Gasteiger partial charge in [-0.15, -0.1) is 0 Å². The zero-order valence-electron chi connectivity index (χ0n) is 9.33. The minimum atomic E-state index is -1.43. The summed E-state index contributed by atoms with van der Waals surface area (Å²) >= 11 is 0. The molecule has 0 spiro atoms. The molecule has 0 aromatic rings. The van der Waals surface area contributed by atoms with Crippen molar-refractivity contribution in [1.29, 1.82) is 0 Å². The molecular formula is C9H14N2O7. The predicted octanol–water partition coefficient (Wildman–Crippen LogP) is -1.78. The number of carbonyl (C=O) groups excluding carboxylic acids is 1. The van der Waals surface area contributed by atoms with Gasteiger partial charge in [-0.1, -0.05) is 0 Å². The molecule has 0 aliphatic carbocycles. The molecule has 9 heteroatoms. The maximum atomic E-state index is 11.3. The normalized spacial score (nSPS) is 13.4. The Kier molecular flexibility index (Phi) is 6.35. The third-order valence-corrected chi connectivity index (χ3v) is 2.00. The van der Waals surface area contributed by atoms with E-state index in [1.54, 1.807) is 0 Å². The number of hydrogen-bond donors (Lipinski definition) is 5. The number of hydrogen-bond acceptors (Lipinski definition) is 5. The molecule has 0 aliphatic heterocycles. The van der Waals surface area contributed by atoms with E-state index >= 15 is 0 Å². The molecule has 2 atom stereocenters. The Balaban J connectivity index is 4.32. The van der Waals surface area contributed by atoms with Crippen LogP contribution in [0.15, 0.2) is 0 Å². The molecular weight excluding hydrogens is 248 g/mol. The van der Waals surface area contributed by atoms with Crippen LogP contribution in [-0.2, 0) is 19.2 Å². The Labute approximate surface area is 102 Å². The van der Waals surface area contributed by atoms with Gasteiger partial charge in [-0.2, -0.15) is 0 Å². The van der Waals surface area contributed by atoms with Gasteiger partial charge in [0.1, 0.15) is 12.1 Å². The van der Waals surface area contributed by atoms with E-state index in [-0.39, 0.29) is 6.42 Å². The molecule has 1 amide bonds. The molecule has 0 aliphatic rings. The highest BCUT2D eigenvalue weighted by atomic mass is 16.4. The van der Waals surface area contributed by atoms with Crippen molar-refractivity contribution in [3.63, 3.8) is 0 Å². The van der Waals surface area contributed by atoms with E-state index < -0.39 is 48.7 Å². The van der Waals surface area contributed by atoms with Crippen molar-refractivity contribution in [1.82, 2.24) is 5.32 Å². The van der Waals surface area contributed by atoms with Gasteiger partial charge < -0.3 is 26.4 Å². The maximum absolute atomic E-state index is 11.3. The number of carboxylic acid groups (broad SMARTS) is 3. The van der Waals surface area contributed by atoms with E-state index in [0.717, 1.165) is 0 Å². The minimum Gasteiger partial charge on any atom is -0.481 e. The van der Waals surface area contributed by atoms with Crippen LogP contribution in [0.2, 0.25) is 0 Å². The number of amides is 1. The van der Waals surface area contributed by atoms with E-state index in [4.69, 9.17) is 21.1 Å². The molecule has 18 heavy (non-hydrogen) atoms. The van der Waals surface area contributed by atoms with Crippen molar-refractivity contribution in [2.45, 2.75) is 31.3 Å². The Bertz CT molecular complexity index is 355. The third-order valence-electron chi connectivity index (χ3n) is 2.00. The Hall–Kier alpha value is -2.16. The van der Waals surface area contributed by atoms with Gasteiger partial charge in [0.25, 0.3) is 0 Å². The number of carboxylic acids is 3. The Morgan fingerprint density at radius 2 is 1.61 bits per heavy atom.